The topological polar surface area (TPSA) is 82.1 Å². The van der Waals surface area contributed by atoms with E-state index in [4.69, 9.17) is 14.3 Å². The van der Waals surface area contributed by atoms with Gasteiger partial charge >= 0.3 is 5.97 Å². The third-order valence-corrected chi connectivity index (χ3v) is 3.78. The van der Waals surface area contributed by atoms with Crippen LogP contribution in [0.3, 0.4) is 0 Å². The van der Waals surface area contributed by atoms with E-state index in [0.717, 1.165) is 6.42 Å². The van der Waals surface area contributed by atoms with Crippen LogP contribution in [0.5, 0.6) is 5.75 Å². The minimum atomic E-state index is -0.801. The molecule has 0 bridgehead atoms. The molecule has 1 aliphatic heterocycles. The van der Waals surface area contributed by atoms with Crippen molar-refractivity contribution in [3.8, 4) is 5.75 Å². The van der Waals surface area contributed by atoms with Gasteiger partial charge in [-0.3, -0.25) is 9.59 Å². The molecule has 2 amide bonds. The fraction of sp³-hybridized carbons (Fsp3) is 0.211. The largest absolute Gasteiger partial charge is 0.494 e. The van der Waals surface area contributed by atoms with E-state index in [2.05, 4.69) is 0 Å². The highest BCUT2D eigenvalue weighted by Gasteiger charge is 2.38. The first-order valence-electron chi connectivity index (χ1n) is 8.03. The summed E-state index contributed by atoms with van der Waals surface area (Å²) in [6, 6.07) is 12.6. The lowest BCUT2D eigenvalue weighted by molar-refractivity contribution is -0.0584. The molecule has 2 aromatic carbocycles. The Morgan fingerprint density at radius 1 is 0.923 bits per heavy atom. The highest BCUT2D eigenvalue weighted by Crippen LogP contribution is 2.23. The van der Waals surface area contributed by atoms with E-state index in [0.29, 0.717) is 24.0 Å². The first-order chi connectivity index (χ1) is 12.6. The predicted octanol–water partition coefficient (Wildman–Crippen LogP) is 2.47. The summed E-state index contributed by atoms with van der Waals surface area (Å²) in [7, 11) is 1.62. The van der Waals surface area contributed by atoms with Gasteiger partial charge in [0.15, 0.2) is 0 Å². The second-order valence-corrected chi connectivity index (χ2v) is 5.55. The van der Waals surface area contributed by atoms with Crippen LogP contribution < -0.4 is 4.74 Å². The number of hydrogen-bond donors (Lipinski definition) is 0. The van der Waals surface area contributed by atoms with Crippen molar-refractivity contribution in [2.24, 2.45) is 0 Å². The van der Waals surface area contributed by atoms with Crippen LogP contribution >= 0.6 is 0 Å². The number of imide groups is 1. The van der Waals surface area contributed by atoms with Crippen molar-refractivity contribution in [2.45, 2.75) is 6.42 Å². The van der Waals surface area contributed by atoms with E-state index < -0.39 is 17.8 Å². The summed E-state index contributed by atoms with van der Waals surface area (Å²) >= 11 is 0. The predicted molar refractivity (Wildman–Crippen MR) is 90.8 cm³/mol. The zero-order valence-corrected chi connectivity index (χ0v) is 14.1. The molecule has 0 atom stereocenters. The van der Waals surface area contributed by atoms with Gasteiger partial charge in [0.2, 0.25) is 0 Å². The molecule has 1 aliphatic rings. The summed E-state index contributed by atoms with van der Waals surface area (Å²) in [6.45, 7) is 1.09. The van der Waals surface area contributed by atoms with Crippen molar-refractivity contribution in [3.63, 3.8) is 0 Å². The standard InChI is InChI=1S/C19H17NO6/c1-24-11-4-12-25-14-9-7-13(8-10-14)19(23)26-20-17(21)15-5-2-3-6-16(15)18(20)22/h2-3,5-10H,4,11-12H2,1H3. The van der Waals surface area contributed by atoms with Crippen molar-refractivity contribution in [2.75, 3.05) is 20.3 Å². The second kappa shape index (κ2) is 7.79. The van der Waals surface area contributed by atoms with Crippen molar-refractivity contribution in [1.82, 2.24) is 5.06 Å². The van der Waals surface area contributed by atoms with Crippen LogP contribution in [0.1, 0.15) is 37.5 Å². The number of benzene rings is 2. The molecule has 0 aliphatic carbocycles. The summed E-state index contributed by atoms with van der Waals surface area (Å²) < 4.78 is 10.4. The number of hydroxylamine groups is 2. The third-order valence-electron chi connectivity index (χ3n) is 3.78. The molecule has 26 heavy (non-hydrogen) atoms. The molecular weight excluding hydrogens is 338 g/mol. The molecule has 1 heterocycles. The maximum absolute atomic E-state index is 12.2. The Morgan fingerprint density at radius 2 is 1.54 bits per heavy atom. The van der Waals surface area contributed by atoms with Gasteiger partial charge in [-0.15, -0.1) is 0 Å². The molecule has 0 N–H and O–H groups in total. The number of carbonyl (C=O) groups is 3. The van der Waals surface area contributed by atoms with Gasteiger partial charge in [0.25, 0.3) is 11.8 Å². The van der Waals surface area contributed by atoms with E-state index >= 15 is 0 Å². The van der Waals surface area contributed by atoms with Gasteiger partial charge < -0.3 is 14.3 Å². The SMILES string of the molecule is COCCCOc1ccc(C(=O)ON2C(=O)c3ccccc3C2=O)cc1. The number of rotatable bonds is 7. The summed E-state index contributed by atoms with van der Waals surface area (Å²) in [5.74, 6) is -1.52. The summed E-state index contributed by atoms with van der Waals surface area (Å²) in [5.41, 5.74) is 0.626. The molecule has 0 saturated carbocycles. The third kappa shape index (κ3) is 3.57. The Bertz CT molecular complexity index is 795. The van der Waals surface area contributed by atoms with Gasteiger partial charge in [0, 0.05) is 20.1 Å². The van der Waals surface area contributed by atoms with Gasteiger partial charge in [0.1, 0.15) is 5.75 Å². The maximum atomic E-state index is 12.2. The molecule has 3 rings (SSSR count). The van der Waals surface area contributed by atoms with Gasteiger partial charge in [0.05, 0.1) is 23.3 Å². The number of hydrogen-bond acceptors (Lipinski definition) is 6. The zero-order chi connectivity index (χ0) is 18.5. The maximum Gasteiger partial charge on any atom is 0.363 e. The number of methoxy groups -OCH3 is 1. The lowest BCUT2D eigenvalue weighted by Crippen LogP contribution is -2.32. The Kier molecular flexibility index (Phi) is 5.28. The summed E-state index contributed by atoms with van der Waals surface area (Å²) in [5, 5.41) is 0.488. The minimum absolute atomic E-state index is 0.200. The molecule has 134 valence electrons. The minimum Gasteiger partial charge on any atom is -0.494 e. The van der Waals surface area contributed by atoms with Crippen LogP contribution in [0.2, 0.25) is 0 Å². The van der Waals surface area contributed by atoms with E-state index in [1.807, 2.05) is 0 Å². The number of carbonyl (C=O) groups excluding carboxylic acids is 3. The molecule has 0 saturated heterocycles. The number of nitrogens with zero attached hydrogens (tertiary/aromatic N) is 1. The van der Waals surface area contributed by atoms with Gasteiger partial charge in [-0.1, -0.05) is 17.2 Å². The number of amides is 2. The Hall–Kier alpha value is -3.19. The van der Waals surface area contributed by atoms with Crippen molar-refractivity contribution >= 4 is 17.8 Å². The lowest BCUT2D eigenvalue weighted by atomic mass is 10.1. The van der Waals surface area contributed by atoms with Crippen LogP contribution in [-0.4, -0.2) is 43.2 Å². The fourth-order valence-electron chi connectivity index (χ4n) is 2.47. The monoisotopic (exact) mass is 355 g/mol. The van der Waals surface area contributed by atoms with E-state index in [-0.39, 0.29) is 16.7 Å². The molecule has 2 aromatic rings. The number of fused-ring (bicyclic) bond motifs is 1. The number of ether oxygens (including phenoxy) is 2. The fourth-order valence-corrected chi connectivity index (χ4v) is 2.47. The van der Waals surface area contributed by atoms with E-state index in [1.54, 1.807) is 31.4 Å². The van der Waals surface area contributed by atoms with Gasteiger partial charge in [-0.05, 0) is 36.4 Å². The van der Waals surface area contributed by atoms with E-state index in [1.165, 1.54) is 24.3 Å². The van der Waals surface area contributed by atoms with Crippen LogP contribution in [0.15, 0.2) is 48.5 Å². The second-order valence-electron chi connectivity index (χ2n) is 5.55. The van der Waals surface area contributed by atoms with Crippen molar-refractivity contribution in [3.05, 3.63) is 65.2 Å². The molecule has 0 spiro atoms. The zero-order valence-electron chi connectivity index (χ0n) is 14.1. The summed E-state index contributed by atoms with van der Waals surface area (Å²) in [4.78, 5) is 41.6. The Labute approximate surface area is 150 Å². The Balaban J connectivity index is 1.62. The molecular formula is C19H17NO6. The van der Waals surface area contributed by atoms with Crippen molar-refractivity contribution < 1.29 is 28.7 Å². The first-order valence-corrected chi connectivity index (χ1v) is 8.03. The highest BCUT2D eigenvalue weighted by atomic mass is 16.7. The Morgan fingerprint density at radius 3 is 2.12 bits per heavy atom. The average Bonchev–Trinajstić information content (AvgIpc) is 2.91. The molecule has 0 aromatic heterocycles. The first kappa shape index (κ1) is 17.6. The molecule has 7 heteroatoms. The van der Waals surface area contributed by atoms with Gasteiger partial charge in [-0.2, -0.15) is 0 Å². The highest BCUT2D eigenvalue weighted by molar-refractivity contribution is 6.21. The van der Waals surface area contributed by atoms with Crippen molar-refractivity contribution in [1.29, 1.82) is 0 Å². The lowest BCUT2D eigenvalue weighted by Gasteiger charge is -2.13. The van der Waals surface area contributed by atoms with Crippen LogP contribution in [0.25, 0.3) is 0 Å². The molecule has 0 unspecified atom stereocenters. The molecule has 0 fully saturated rings. The smallest absolute Gasteiger partial charge is 0.363 e. The molecule has 0 radical (unpaired) electrons. The average molecular weight is 355 g/mol. The normalized spacial score (nSPS) is 12.9. The van der Waals surface area contributed by atoms with Crippen LogP contribution in [0, 0.1) is 0 Å². The van der Waals surface area contributed by atoms with Crippen LogP contribution in [0.4, 0.5) is 0 Å². The quantitative estimate of drug-likeness (QED) is 0.560. The van der Waals surface area contributed by atoms with E-state index in [9.17, 15) is 14.4 Å². The van der Waals surface area contributed by atoms with Crippen LogP contribution in [-0.2, 0) is 9.57 Å². The summed E-state index contributed by atoms with van der Waals surface area (Å²) in [6.07, 6.45) is 0.750. The van der Waals surface area contributed by atoms with Gasteiger partial charge in [-0.25, -0.2) is 4.79 Å². The molecule has 7 nitrogen and oxygen atoms in total.